The maximum absolute atomic E-state index is 14.2. The van der Waals surface area contributed by atoms with E-state index in [-0.39, 0.29) is 17.5 Å². The Balaban J connectivity index is 1.78. The van der Waals surface area contributed by atoms with Crippen molar-refractivity contribution in [1.29, 1.82) is 0 Å². The summed E-state index contributed by atoms with van der Waals surface area (Å²) in [6, 6.07) is 8.55. The highest BCUT2D eigenvalue weighted by atomic mass is 19.4. The van der Waals surface area contributed by atoms with Crippen LogP contribution in [0.25, 0.3) is 0 Å². The van der Waals surface area contributed by atoms with Crippen LogP contribution in [0.2, 0.25) is 0 Å². The van der Waals surface area contributed by atoms with Crippen molar-refractivity contribution in [3.05, 3.63) is 64.7 Å². The summed E-state index contributed by atoms with van der Waals surface area (Å²) in [5.74, 6) is -10.3. The average molecular weight is 620 g/mol. The predicted molar refractivity (Wildman–Crippen MR) is 149 cm³/mol. The van der Waals surface area contributed by atoms with Crippen molar-refractivity contribution in [2.45, 2.75) is 70.1 Å². The number of aliphatic hydroxyl groups excluding tert-OH is 3. The maximum Gasteiger partial charge on any atom is 0.416 e. The van der Waals surface area contributed by atoms with Gasteiger partial charge in [0.15, 0.2) is 17.2 Å². The zero-order valence-electron chi connectivity index (χ0n) is 24.5. The van der Waals surface area contributed by atoms with Gasteiger partial charge in [-0.05, 0) is 53.5 Å². The van der Waals surface area contributed by atoms with Gasteiger partial charge in [-0.25, -0.2) is 0 Å². The Labute approximate surface area is 251 Å². The molecule has 9 nitrogen and oxygen atoms in total. The van der Waals surface area contributed by atoms with Crippen LogP contribution in [0.1, 0.15) is 60.7 Å². The summed E-state index contributed by atoms with van der Waals surface area (Å²) in [6.45, 7) is 6.09. The first-order chi connectivity index (χ1) is 20.3. The monoisotopic (exact) mass is 619 g/mol. The summed E-state index contributed by atoms with van der Waals surface area (Å²) in [5.41, 5.74) is -1.69. The molecule has 2 saturated carbocycles. The highest BCUT2D eigenvalue weighted by molar-refractivity contribution is 6.09. The molecule has 3 aliphatic rings. The fourth-order valence-corrected chi connectivity index (χ4v) is 8.95. The molecule has 10 atom stereocenters. The van der Waals surface area contributed by atoms with Crippen LogP contribution in [0.4, 0.5) is 13.2 Å². The lowest BCUT2D eigenvalue weighted by Crippen LogP contribution is -2.83. The fourth-order valence-electron chi connectivity index (χ4n) is 8.95. The minimum absolute atomic E-state index is 0.0695. The van der Waals surface area contributed by atoms with Crippen LogP contribution in [-0.2, 0) is 22.2 Å². The van der Waals surface area contributed by atoms with Gasteiger partial charge in [0.25, 0.3) is 0 Å². The molecule has 5 rings (SSSR count). The summed E-state index contributed by atoms with van der Waals surface area (Å²) in [5, 5.41) is 59.0. The van der Waals surface area contributed by atoms with Crippen LogP contribution in [0.3, 0.4) is 0 Å². The number of halogens is 3. The van der Waals surface area contributed by atoms with Crippen molar-refractivity contribution in [2.75, 3.05) is 0 Å². The van der Waals surface area contributed by atoms with Crippen LogP contribution < -0.4 is 5.73 Å². The van der Waals surface area contributed by atoms with E-state index in [0.29, 0.717) is 5.56 Å². The highest BCUT2D eigenvalue weighted by Gasteiger charge is 2.80. The van der Waals surface area contributed by atoms with Crippen molar-refractivity contribution >= 4 is 17.5 Å². The Morgan fingerprint density at radius 3 is 2.14 bits per heavy atom. The zero-order chi connectivity index (χ0) is 32.9. The lowest BCUT2D eigenvalue weighted by molar-refractivity contribution is -0.307. The van der Waals surface area contributed by atoms with Crippen molar-refractivity contribution < 1.29 is 53.1 Å². The minimum Gasteiger partial charge on any atom is -0.507 e. The van der Waals surface area contributed by atoms with Gasteiger partial charge in [0.1, 0.15) is 17.8 Å². The number of aromatic hydroxyl groups is 1. The number of Topliss-reactive ketones (excluding diaryl/α,β-unsaturated/α-hetero) is 2. The van der Waals surface area contributed by atoms with E-state index in [4.69, 9.17) is 5.73 Å². The second kappa shape index (κ2) is 10.1. The SMILES string of the molecule is CC(C)[C@H]1C(O)C(C(N)=O)C(=O)[C@]2(O)C(O)C3C(=O)c4c(O)cccc4[C@@H](Cc4ccc(C(F)(F)F)cc4)[C@]3(C)[C@@H](O)[C@]12C. The first-order valence-electron chi connectivity index (χ1n) is 14.4. The summed E-state index contributed by atoms with van der Waals surface area (Å²) in [4.78, 5) is 40.5. The largest absolute Gasteiger partial charge is 0.507 e. The van der Waals surface area contributed by atoms with Gasteiger partial charge in [-0.15, -0.1) is 0 Å². The molecule has 0 spiro atoms. The van der Waals surface area contributed by atoms with Crippen molar-refractivity contribution in [3.63, 3.8) is 0 Å². The smallest absolute Gasteiger partial charge is 0.416 e. The zero-order valence-corrected chi connectivity index (χ0v) is 24.5. The molecule has 3 aliphatic carbocycles. The number of primary amides is 1. The molecule has 238 valence electrons. The standard InChI is InChI=1S/C32H36F3NO8/c1-13(2)21-24(39)20(27(36)42)25(40)31(44)26(41)22-23(38)19-16(6-5-7-18(19)37)17(29(22,3)28(43)30(21,31)4)12-14-8-10-15(11-9-14)32(33,34)35/h5-11,13,17,20-22,24,26,28,37,39,41,43-44H,12H2,1-4H3,(H2,36,42)/t17-,20?,21+,22?,24?,26?,28-,29+,30+,31+/m1/s1. The minimum atomic E-state index is -4.59. The highest BCUT2D eigenvalue weighted by Crippen LogP contribution is 2.68. The normalized spacial score (nSPS) is 38.6. The van der Waals surface area contributed by atoms with E-state index in [2.05, 4.69) is 0 Å². The molecule has 12 heteroatoms. The van der Waals surface area contributed by atoms with Crippen LogP contribution in [0.15, 0.2) is 42.5 Å². The molecule has 0 saturated heterocycles. The van der Waals surface area contributed by atoms with Crippen molar-refractivity contribution in [2.24, 2.45) is 40.2 Å². The number of amides is 1. The van der Waals surface area contributed by atoms with Crippen LogP contribution in [0.5, 0.6) is 5.75 Å². The molecule has 0 aliphatic heterocycles. The lowest BCUT2D eigenvalue weighted by Gasteiger charge is -2.69. The number of ketones is 2. The van der Waals surface area contributed by atoms with Gasteiger partial charge in [-0.3, -0.25) is 14.4 Å². The van der Waals surface area contributed by atoms with Crippen LogP contribution >= 0.6 is 0 Å². The van der Waals surface area contributed by atoms with E-state index in [9.17, 15) is 53.1 Å². The molecule has 4 unspecified atom stereocenters. The summed E-state index contributed by atoms with van der Waals surface area (Å²) < 4.78 is 39.9. The van der Waals surface area contributed by atoms with Gasteiger partial charge in [0.2, 0.25) is 5.91 Å². The number of fused-ring (bicyclic) bond motifs is 3. The number of alkyl halides is 3. The molecule has 44 heavy (non-hydrogen) atoms. The molecule has 2 aromatic carbocycles. The molecule has 2 fully saturated rings. The Morgan fingerprint density at radius 2 is 1.61 bits per heavy atom. The number of rotatable bonds is 4. The molecule has 1 amide bonds. The van der Waals surface area contributed by atoms with E-state index in [1.807, 2.05) is 0 Å². The average Bonchev–Trinajstić information content (AvgIpc) is 2.92. The van der Waals surface area contributed by atoms with Gasteiger partial charge in [-0.1, -0.05) is 52.0 Å². The number of carbonyl (C=O) groups excluding carboxylic acids is 3. The second-order valence-electron chi connectivity index (χ2n) is 13.3. The topological polar surface area (TPSA) is 178 Å². The fraction of sp³-hybridized carbons (Fsp3) is 0.531. The van der Waals surface area contributed by atoms with Crippen molar-refractivity contribution in [3.8, 4) is 5.75 Å². The van der Waals surface area contributed by atoms with E-state index >= 15 is 0 Å². The summed E-state index contributed by atoms with van der Waals surface area (Å²) in [7, 11) is 0. The first kappa shape index (κ1) is 32.1. The van der Waals surface area contributed by atoms with Crippen LogP contribution in [0, 0.1) is 34.5 Å². The molecule has 0 bridgehead atoms. The van der Waals surface area contributed by atoms with Gasteiger partial charge >= 0.3 is 6.18 Å². The third-order valence-electron chi connectivity index (χ3n) is 10.9. The number of aliphatic hydroxyl groups is 4. The Hall–Kier alpha value is -3.32. The number of phenols is 1. The molecule has 0 aromatic heterocycles. The summed E-state index contributed by atoms with van der Waals surface area (Å²) >= 11 is 0. The molecular formula is C32H36F3NO8. The molecule has 0 heterocycles. The number of hydrogen-bond donors (Lipinski definition) is 6. The van der Waals surface area contributed by atoms with Crippen LogP contribution in [-0.4, -0.2) is 66.9 Å². The van der Waals surface area contributed by atoms with E-state index < -0.39 is 99.3 Å². The predicted octanol–water partition coefficient (Wildman–Crippen LogP) is 2.35. The molecular weight excluding hydrogens is 583 g/mol. The van der Waals surface area contributed by atoms with Gasteiger partial charge in [0, 0.05) is 10.8 Å². The van der Waals surface area contributed by atoms with Gasteiger partial charge in [-0.2, -0.15) is 13.2 Å². The maximum atomic E-state index is 14.2. The van der Waals surface area contributed by atoms with Crippen molar-refractivity contribution in [1.82, 2.24) is 0 Å². The van der Waals surface area contributed by atoms with E-state index in [1.165, 1.54) is 44.2 Å². The third kappa shape index (κ3) is 3.97. The molecule has 2 aromatic rings. The first-order valence-corrected chi connectivity index (χ1v) is 14.4. The Bertz CT molecular complexity index is 1530. The molecule has 7 N–H and O–H groups in total. The molecule has 0 radical (unpaired) electrons. The Kier molecular flexibility index (Phi) is 7.36. The quantitative estimate of drug-likeness (QED) is 0.283. The number of hydrogen-bond acceptors (Lipinski definition) is 8. The number of phenolic OH excluding ortho intramolecular Hbond substituents is 1. The Morgan fingerprint density at radius 1 is 1.02 bits per heavy atom. The number of benzene rings is 2. The van der Waals surface area contributed by atoms with Gasteiger partial charge < -0.3 is 31.3 Å². The second-order valence-corrected chi connectivity index (χ2v) is 13.3. The number of carbonyl (C=O) groups is 3. The van der Waals surface area contributed by atoms with Gasteiger partial charge in [0.05, 0.1) is 29.3 Å². The number of nitrogens with two attached hydrogens (primary N) is 1. The van der Waals surface area contributed by atoms with E-state index in [1.54, 1.807) is 13.8 Å². The lowest BCUT2D eigenvalue weighted by atomic mass is 9.36. The summed E-state index contributed by atoms with van der Waals surface area (Å²) in [6.07, 6.45) is -10.5. The third-order valence-corrected chi connectivity index (χ3v) is 10.9. The van der Waals surface area contributed by atoms with E-state index in [0.717, 1.165) is 12.1 Å².